The molecule has 194 valence electrons. The lowest BCUT2D eigenvalue weighted by molar-refractivity contribution is -0.145. The van der Waals surface area contributed by atoms with Gasteiger partial charge in [-0.05, 0) is 29.7 Å². The number of nitrogens with zero attached hydrogens (tertiary/aromatic N) is 3. The molecule has 0 unspecified atom stereocenters. The van der Waals surface area contributed by atoms with Crippen molar-refractivity contribution in [3.8, 4) is 11.4 Å². The molecule has 1 N–H and O–H groups in total. The highest BCUT2D eigenvalue weighted by Crippen LogP contribution is 2.31. The Bertz CT molecular complexity index is 1450. The Hall–Kier alpha value is -4.08. The summed E-state index contributed by atoms with van der Waals surface area (Å²) in [4.78, 5) is 23.9. The van der Waals surface area contributed by atoms with Gasteiger partial charge in [0.15, 0.2) is 5.82 Å². The Morgan fingerprint density at radius 2 is 1.81 bits per heavy atom. The van der Waals surface area contributed by atoms with Crippen molar-refractivity contribution >= 4 is 16.8 Å². The largest absolute Gasteiger partial charge is 0.484 e. The van der Waals surface area contributed by atoms with Gasteiger partial charge in [0.1, 0.15) is 11.9 Å². The van der Waals surface area contributed by atoms with E-state index in [4.69, 9.17) is 4.74 Å². The molecule has 1 amide bonds. The number of pyridine rings is 1. The highest BCUT2D eigenvalue weighted by Gasteiger charge is 2.37. The molecule has 2 heterocycles. The van der Waals surface area contributed by atoms with Crippen molar-refractivity contribution in [2.24, 2.45) is 13.0 Å². The van der Waals surface area contributed by atoms with Crippen LogP contribution in [0, 0.1) is 11.7 Å². The molecule has 10 heteroatoms. The van der Waals surface area contributed by atoms with Crippen molar-refractivity contribution in [2.75, 3.05) is 0 Å². The number of carbonyl (C=O) groups excluding carboxylic acids is 1. The Morgan fingerprint density at radius 3 is 2.43 bits per heavy atom. The van der Waals surface area contributed by atoms with Crippen LogP contribution in [0.25, 0.3) is 16.6 Å². The van der Waals surface area contributed by atoms with Gasteiger partial charge in [-0.2, -0.15) is 13.9 Å². The molecule has 7 nitrogen and oxygen atoms in total. The molecule has 4 rings (SSSR count). The standard InChI is InChI=1S/C27H27F3N4O3/c1-16(2)23(32-26(36)27(3,29)30)24(17-8-6-5-7-9-17)37-20-10-11-22-18(12-20)14-31-34(22)19-13-21(28)25(35)33(4)15-19/h5-16,23-24H,1-4H3,(H,32,36)/t23-,24+/m0/s1. The SMILES string of the molecule is CC(C)[C@H](NC(=O)C(C)(F)F)[C@H](Oc1ccc2c(cnn2-c2cc(F)c(=O)n(C)c2)c1)c1ccccc1. The topological polar surface area (TPSA) is 78.2 Å². The summed E-state index contributed by atoms with van der Waals surface area (Å²) in [5.41, 5.74) is 0.974. The van der Waals surface area contributed by atoms with Crippen molar-refractivity contribution in [1.29, 1.82) is 0 Å². The summed E-state index contributed by atoms with van der Waals surface area (Å²) in [6.07, 6.45) is 2.28. The fourth-order valence-electron chi connectivity index (χ4n) is 4.07. The second kappa shape index (κ2) is 10.1. The maximum Gasteiger partial charge on any atom is 0.321 e. The second-order valence-electron chi connectivity index (χ2n) is 9.32. The van der Waals surface area contributed by atoms with E-state index in [1.54, 1.807) is 48.7 Å². The van der Waals surface area contributed by atoms with Crippen LogP contribution in [0.3, 0.4) is 0 Å². The van der Waals surface area contributed by atoms with Gasteiger partial charge in [-0.25, -0.2) is 9.07 Å². The monoisotopic (exact) mass is 512 g/mol. The molecule has 0 saturated heterocycles. The maximum atomic E-state index is 14.0. The zero-order valence-corrected chi connectivity index (χ0v) is 20.8. The molecule has 0 aliphatic heterocycles. The molecule has 0 saturated carbocycles. The first kappa shape index (κ1) is 26.0. The number of aryl methyl sites for hydroxylation is 1. The van der Waals surface area contributed by atoms with Crippen molar-refractivity contribution in [3.63, 3.8) is 0 Å². The first-order valence-corrected chi connectivity index (χ1v) is 11.7. The van der Waals surface area contributed by atoms with E-state index in [1.807, 2.05) is 19.9 Å². The van der Waals surface area contributed by atoms with Crippen LogP contribution in [0.4, 0.5) is 13.2 Å². The highest BCUT2D eigenvalue weighted by molar-refractivity contribution is 5.83. The van der Waals surface area contributed by atoms with Crippen LogP contribution in [0.2, 0.25) is 0 Å². The molecule has 0 bridgehead atoms. The summed E-state index contributed by atoms with van der Waals surface area (Å²) in [5, 5.41) is 7.45. The number of ether oxygens (including phenoxy) is 1. The minimum absolute atomic E-state index is 0.234. The molecular formula is C27H27F3N4O3. The zero-order chi connectivity index (χ0) is 26.9. The predicted molar refractivity (Wildman–Crippen MR) is 133 cm³/mol. The van der Waals surface area contributed by atoms with Gasteiger partial charge in [-0.3, -0.25) is 9.59 Å². The van der Waals surface area contributed by atoms with E-state index in [1.165, 1.54) is 17.9 Å². The fourth-order valence-corrected chi connectivity index (χ4v) is 4.07. The van der Waals surface area contributed by atoms with Gasteiger partial charge >= 0.3 is 5.92 Å². The number of carbonyl (C=O) groups is 1. The Morgan fingerprint density at radius 1 is 1.11 bits per heavy atom. The number of halogens is 3. The molecule has 0 radical (unpaired) electrons. The molecule has 0 spiro atoms. The Kier molecular flexibility index (Phi) is 7.11. The highest BCUT2D eigenvalue weighted by atomic mass is 19.3. The third-order valence-corrected chi connectivity index (χ3v) is 6.04. The zero-order valence-electron chi connectivity index (χ0n) is 20.8. The molecule has 2 aromatic carbocycles. The Balaban J connectivity index is 1.70. The maximum absolute atomic E-state index is 14.0. The van der Waals surface area contributed by atoms with Gasteiger partial charge in [0.05, 0.1) is 23.4 Å². The average Bonchev–Trinajstić information content (AvgIpc) is 3.27. The molecular weight excluding hydrogens is 485 g/mol. The van der Waals surface area contributed by atoms with Crippen molar-refractivity contribution in [1.82, 2.24) is 19.7 Å². The summed E-state index contributed by atoms with van der Waals surface area (Å²) in [6, 6.07) is 14.5. The average molecular weight is 513 g/mol. The first-order chi connectivity index (χ1) is 17.5. The quantitative estimate of drug-likeness (QED) is 0.369. The van der Waals surface area contributed by atoms with Gasteiger partial charge < -0.3 is 14.6 Å². The van der Waals surface area contributed by atoms with Gasteiger partial charge in [-0.1, -0.05) is 44.2 Å². The molecule has 2 aromatic heterocycles. The van der Waals surface area contributed by atoms with Crippen molar-refractivity contribution in [2.45, 2.75) is 38.8 Å². The molecule has 0 fully saturated rings. The summed E-state index contributed by atoms with van der Waals surface area (Å²) in [5.74, 6) is -5.62. The smallest absolute Gasteiger partial charge is 0.321 e. The van der Waals surface area contributed by atoms with Crippen LogP contribution in [0.15, 0.2) is 71.8 Å². The van der Waals surface area contributed by atoms with Gasteiger partial charge in [-0.15, -0.1) is 0 Å². The number of amides is 1. The second-order valence-corrected chi connectivity index (χ2v) is 9.32. The van der Waals surface area contributed by atoms with Gasteiger partial charge in [0.2, 0.25) is 0 Å². The van der Waals surface area contributed by atoms with E-state index in [0.717, 1.165) is 10.6 Å². The molecule has 0 aliphatic carbocycles. The molecule has 4 aromatic rings. The predicted octanol–water partition coefficient (Wildman–Crippen LogP) is 4.78. The molecule has 0 aliphatic rings. The Labute approximate surface area is 211 Å². The number of hydrogen-bond acceptors (Lipinski definition) is 4. The van der Waals surface area contributed by atoms with E-state index in [0.29, 0.717) is 34.8 Å². The van der Waals surface area contributed by atoms with Crippen LogP contribution < -0.4 is 15.6 Å². The lowest BCUT2D eigenvalue weighted by atomic mass is 9.92. The van der Waals surface area contributed by atoms with E-state index < -0.39 is 35.4 Å². The van der Waals surface area contributed by atoms with E-state index in [-0.39, 0.29) is 5.92 Å². The summed E-state index contributed by atoms with van der Waals surface area (Å²) < 4.78 is 50.4. The van der Waals surface area contributed by atoms with E-state index in [9.17, 15) is 22.8 Å². The van der Waals surface area contributed by atoms with Crippen LogP contribution in [0.1, 0.15) is 32.4 Å². The van der Waals surface area contributed by atoms with Gasteiger partial charge in [0, 0.05) is 31.6 Å². The number of fused-ring (bicyclic) bond motifs is 1. The number of alkyl halides is 2. The van der Waals surface area contributed by atoms with Crippen molar-refractivity contribution in [3.05, 3.63) is 88.7 Å². The number of aromatic nitrogens is 3. The summed E-state index contributed by atoms with van der Waals surface area (Å²) in [7, 11) is 1.45. The van der Waals surface area contributed by atoms with Crippen LogP contribution >= 0.6 is 0 Å². The number of rotatable bonds is 8. The summed E-state index contributed by atoms with van der Waals surface area (Å²) >= 11 is 0. The third kappa shape index (κ3) is 5.52. The lowest BCUT2D eigenvalue weighted by Crippen LogP contribution is -2.49. The van der Waals surface area contributed by atoms with Crippen LogP contribution in [0.5, 0.6) is 5.75 Å². The number of benzene rings is 2. The minimum Gasteiger partial charge on any atom is -0.484 e. The first-order valence-electron chi connectivity index (χ1n) is 11.7. The summed E-state index contributed by atoms with van der Waals surface area (Å²) in [6.45, 7) is 4.19. The fraction of sp³-hybridized carbons (Fsp3) is 0.296. The van der Waals surface area contributed by atoms with Crippen LogP contribution in [-0.2, 0) is 11.8 Å². The van der Waals surface area contributed by atoms with Gasteiger partial charge in [0.25, 0.3) is 11.5 Å². The third-order valence-electron chi connectivity index (χ3n) is 6.04. The van der Waals surface area contributed by atoms with E-state index in [2.05, 4.69) is 10.4 Å². The lowest BCUT2D eigenvalue weighted by Gasteiger charge is -2.32. The van der Waals surface area contributed by atoms with Crippen molar-refractivity contribution < 1.29 is 22.7 Å². The molecule has 2 atom stereocenters. The van der Waals surface area contributed by atoms with Crippen LogP contribution in [-0.4, -0.2) is 32.2 Å². The minimum atomic E-state index is -3.54. The molecule has 37 heavy (non-hydrogen) atoms. The normalized spacial score (nSPS) is 13.5. The van der Waals surface area contributed by atoms with E-state index >= 15 is 0 Å². The number of nitrogens with one attached hydrogen (secondary N) is 1. The number of hydrogen-bond donors (Lipinski definition) is 1.